The molecular formula is C16H12N4O3. The third kappa shape index (κ3) is 2.32. The van der Waals surface area contributed by atoms with Crippen LogP contribution < -0.4 is 0 Å². The molecule has 0 radical (unpaired) electrons. The molecule has 4 rings (SSSR count). The van der Waals surface area contributed by atoms with Crippen molar-refractivity contribution in [3.63, 3.8) is 0 Å². The predicted octanol–water partition coefficient (Wildman–Crippen LogP) is 3.66. The number of aromatic nitrogens is 4. The van der Waals surface area contributed by atoms with Gasteiger partial charge in [-0.2, -0.15) is 4.98 Å². The van der Waals surface area contributed by atoms with Gasteiger partial charge in [-0.25, -0.2) is 0 Å². The van der Waals surface area contributed by atoms with E-state index in [4.69, 9.17) is 13.6 Å². The molecule has 3 heterocycles. The number of hydrogen-bond acceptors (Lipinski definition) is 7. The number of aryl methyl sites for hydroxylation is 2. The fourth-order valence-corrected chi connectivity index (χ4v) is 2.30. The average molecular weight is 308 g/mol. The van der Waals surface area contributed by atoms with Crippen molar-refractivity contribution in [3.8, 4) is 34.3 Å². The number of nitrogens with zero attached hydrogens (tertiary/aromatic N) is 4. The highest BCUT2D eigenvalue weighted by molar-refractivity contribution is 5.76. The zero-order chi connectivity index (χ0) is 15.8. The lowest BCUT2D eigenvalue weighted by Crippen LogP contribution is -1.86. The first-order valence-corrected chi connectivity index (χ1v) is 7.02. The lowest BCUT2D eigenvalue weighted by Gasteiger charge is -1.93. The Hall–Kier alpha value is -3.22. The highest BCUT2D eigenvalue weighted by Crippen LogP contribution is 2.33. The van der Waals surface area contributed by atoms with Crippen molar-refractivity contribution in [3.05, 3.63) is 47.9 Å². The minimum absolute atomic E-state index is 0.401. The second-order valence-electron chi connectivity index (χ2n) is 5.08. The van der Waals surface area contributed by atoms with Gasteiger partial charge in [0.05, 0.1) is 11.3 Å². The smallest absolute Gasteiger partial charge is 0.258 e. The van der Waals surface area contributed by atoms with E-state index in [1.54, 1.807) is 13.0 Å². The lowest BCUT2D eigenvalue weighted by molar-refractivity contribution is 0.390. The van der Waals surface area contributed by atoms with Crippen LogP contribution in [0.1, 0.15) is 11.5 Å². The van der Waals surface area contributed by atoms with E-state index >= 15 is 0 Å². The second kappa shape index (κ2) is 5.20. The first kappa shape index (κ1) is 13.4. The quantitative estimate of drug-likeness (QED) is 0.570. The average Bonchev–Trinajstić information content (AvgIpc) is 3.27. The Morgan fingerprint density at radius 2 is 1.70 bits per heavy atom. The molecule has 114 valence electrons. The SMILES string of the molecule is Cc1cc(-c2onc(C)c2-c2noc(-c3ccccc3)n2)no1. The molecule has 0 fully saturated rings. The van der Waals surface area contributed by atoms with Crippen molar-refractivity contribution in [1.29, 1.82) is 0 Å². The molecule has 4 aromatic rings. The largest absolute Gasteiger partial charge is 0.361 e. The van der Waals surface area contributed by atoms with Gasteiger partial charge >= 0.3 is 0 Å². The van der Waals surface area contributed by atoms with E-state index in [2.05, 4.69) is 20.5 Å². The topological polar surface area (TPSA) is 91.0 Å². The molecule has 0 bridgehead atoms. The van der Waals surface area contributed by atoms with Crippen LogP contribution in [0, 0.1) is 13.8 Å². The van der Waals surface area contributed by atoms with E-state index in [1.807, 2.05) is 37.3 Å². The van der Waals surface area contributed by atoms with Gasteiger partial charge < -0.3 is 13.6 Å². The van der Waals surface area contributed by atoms with E-state index in [0.717, 1.165) is 5.56 Å². The van der Waals surface area contributed by atoms with Crippen LogP contribution in [0.2, 0.25) is 0 Å². The predicted molar refractivity (Wildman–Crippen MR) is 80.2 cm³/mol. The van der Waals surface area contributed by atoms with Gasteiger partial charge in [0.1, 0.15) is 5.76 Å². The molecule has 0 aliphatic carbocycles. The third-order valence-corrected chi connectivity index (χ3v) is 3.39. The van der Waals surface area contributed by atoms with Crippen LogP contribution in [0.3, 0.4) is 0 Å². The maximum absolute atomic E-state index is 5.37. The van der Waals surface area contributed by atoms with E-state index in [9.17, 15) is 0 Å². The summed E-state index contributed by atoms with van der Waals surface area (Å²) in [6, 6.07) is 11.3. The Balaban J connectivity index is 1.80. The summed E-state index contributed by atoms with van der Waals surface area (Å²) in [5.41, 5.74) is 2.69. The van der Waals surface area contributed by atoms with Gasteiger partial charge in [0, 0.05) is 11.6 Å². The fourth-order valence-electron chi connectivity index (χ4n) is 2.30. The monoisotopic (exact) mass is 308 g/mol. The Kier molecular flexibility index (Phi) is 3.04. The first-order chi connectivity index (χ1) is 11.2. The van der Waals surface area contributed by atoms with Crippen LogP contribution in [0.4, 0.5) is 0 Å². The molecular weight excluding hydrogens is 296 g/mol. The van der Waals surface area contributed by atoms with Crippen LogP contribution in [-0.2, 0) is 0 Å². The van der Waals surface area contributed by atoms with Gasteiger partial charge in [0.15, 0.2) is 11.5 Å². The van der Waals surface area contributed by atoms with E-state index in [-0.39, 0.29) is 0 Å². The first-order valence-electron chi connectivity index (χ1n) is 7.02. The summed E-state index contributed by atoms with van der Waals surface area (Å²) >= 11 is 0. The summed E-state index contributed by atoms with van der Waals surface area (Å²) in [5.74, 6) is 1.97. The van der Waals surface area contributed by atoms with Gasteiger partial charge in [-0.3, -0.25) is 0 Å². The fraction of sp³-hybridized carbons (Fsp3) is 0.125. The molecule has 0 aliphatic heterocycles. The molecule has 3 aromatic heterocycles. The standard InChI is InChI=1S/C16H12N4O3/c1-9-8-12(19-21-9)14-13(10(2)18-22-14)15-17-16(23-20-15)11-6-4-3-5-7-11/h3-8H,1-2H3. The van der Waals surface area contributed by atoms with E-state index < -0.39 is 0 Å². The van der Waals surface area contributed by atoms with Crippen LogP contribution in [0.15, 0.2) is 50.0 Å². The van der Waals surface area contributed by atoms with Crippen molar-refractivity contribution in [2.24, 2.45) is 0 Å². The molecule has 7 nitrogen and oxygen atoms in total. The van der Waals surface area contributed by atoms with E-state index in [0.29, 0.717) is 40.2 Å². The third-order valence-electron chi connectivity index (χ3n) is 3.39. The van der Waals surface area contributed by atoms with Crippen LogP contribution >= 0.6 is 0 Å². The summed E-state index contributed by atoms with van der Waals surface area (Å²) in [6.45, 7) is 3.62. The molecule has 0 aliphatic rings. The van der Waals surface area contributed by atoms with Crippen LogP contribution in [0.5, 0.6) is 0 Å². The van der Waals surface area contributed by atoms with Gasteiger partial charge in [0.25, 0.3) is 5.89 Å². The molecule has 0 saturated carbocycles. The Bertz CT molecular complexity index is 953. The summed E-state index contributed by atoms with van der Waals surface area (Å²) in [4.78, 5) is 4.44. The second-order valence-corrected chi connectivity index (χ2v) is 5.08. The van der Waals surface area contributed by atoms with Gasteiger partial charge in [-0.15, -0.1) is 0 Å². The highest BCUT2D eigenvalue weighted by Gasteiger charge is 2.24. The molecule has 0 saturated heterocycles. The van der Waals surface area contributed by atoms with Crippen molar-refractivity contribution in [2.75, 3.05) is 0 Å². The minimum atomic E-state index is 0.401. The molecule has 0 unspecified atom stereocenters. The highest BCUT2D eigenvalue weighted by atomic mass is 16.5. The molecule has 0 atom stereocenters. The summed E-state index contributed by atoms with van der Waals surface area (Å²) in [7, 11) is 0. The summed E-state index contributed by atoms with van der Waals surface area (Å²) in [6.07, 6.45) is 0. The molecule has 0 N–H and O–H groups in total. The maximum atomic E-state index is 5.37. The van der Waals surface area contributed by atoms with Crippen molar-refractivity contribution >= 4 is 0 Å². The zero-order valence-electron chi connectivity index (χ0n) is 12.5. The van der Waals surface area contributed by atoms with Crippen molar-refractivity contribution in [2.45, 2.75) is 13.8 Å². The summed E-state index contributed by atoms with van der Waals surface area (Å²) in [5, 5.41) is 12.0. The maximum Gasteiger partial charge on any atom is 0.258 e. The normalized spacial score (nSPS) is 11.0. The molecule has 1 aromatic carbocycles. The summed E-state index contributed by atoms with van der Waals surface area (Å²) < 4.78 is 15.8. The Labute approximate surface area is 130 Å². The number of hydrogen-bond donors (Lipinski definition) is 0. The number of benzene rings is 1. The van der Waals surface area contributed by atoms with Gasteiger partial charge in [-0.1, -0.05) is 33.7 Å². The number of rotatable bonds is 3. The zero-order valence-corrected chi connectivity index (χ0v) is 12.5. The van der Waals surface area contributed by atoms with Gasteiger partial charge in [0.2, 0.25) is 5.82 Å². The molecule has 7 heteroatoms. The van der Waals surface area contributed by atoms with Crippen molar-refractivity contribution < 1.29 is 13.6 Å². The molecule has 23 heavy (non-hydrogen) atoms. The Morgan fingerprint density at radius 1 is 0.870 bits per heavy atom. The minimum Gasteiger partial charge on any atom is -0.361 e. The molecule has 0 spiro atoms. The van der Waals surface area contributed by atoms with E-state index in [1.165, 1.54) is 0 Å². The van der Waals surface area contributed by atoms with Crippen molar-refractivity contribution in [1.82, 2.24) is 20.5 Å². The lowest BCUT2D eigenvalue weighted by atomic mass is 10.1. The van der Waals surface area contributed by atoms with Crippen LogP contribution in [0.25, 0.3) is 34.3 Å². The molecule has 0 amide bonds. The van der Waals surface area contributed by atoms with Gasteiger partial charge in [-0.05, 0) is 26.0 Å². The van der Waals surface area contributed by atoms with Crippen LogP contribution in [-0.4, -0.2) is 20.5 Å². The Morgan fingerprint density at radius 3 is 2.43 bits per heavy atom.